The zero-order valence-corrected chi connectivity index (χ0v) is 14.1. The predicted molar refractivity (Wildman–Crippen MR) is 86.9 cm³/mol. The standard InChI is InChI=1S/C16H22BrN3O/c1-11(2)7-13(10-18)9-16-19-15(20-21-16)8-12-3-5-14(17)6-4-12/h3-6,11,13H,7-10,18H2,1-2H3. The minimum Gasteiger partial charge on any atom is -0.339 e. The fraction of sp³-hybridized carbons (Fsp3) is 0.500. The third-order valence-corrected chi connectivity index (χ3v) is 3.92. The number of aromatic nitrogens is 2. The maximum Gasteiger partial charge on any atom is 0.226 e. The molecule has 2 N–H and O–H groups in total. The van der Waals surface area contributed by atoms with Crippen molar-refractivity contribution in [2.24, 2.45) is 17.6 Å². The van der Waals surface area contributed by atoms with E-state index in [4.69, 9.17) is 10.3 Å². The Kier molecular flexibility index (Phi) is 5.94. The molecule has 0 aliphatic heterocycles. The summed E-state index contributed by atoms with van der Waals surface area (Å²) in [5, 5.41) is 4.06. The lowest BCUT2D eigenvalue weighted by Gasteiger charge is -2.14. The van der Waals surface area contributed by atoms with Gasteiger partial charge in [-0.3, -0.25) is 0 Å². The normalized spacial score (nSPS) is 12.8. The minimum atomic E-state index is 0.408. The molecule has 1 atom stereocenters. The van der Waals surface area contributed by atoms with Gasteiger partial charge in [-0.1, -0.05) is 47.1 Å². The van der Waals surface area contributed by atoms with Crippen molar-refractivity contribution in [3.63, 3.8) is 0 Å². The topological polar surface area (TPSA) is 64.9 Å². The van der Waals surface area contributed by atoms with Gasteiger partial charge in [0.1, 0.15) is 0 Å². The zero-order chi connectivity index (χ0) is 15.2. The molecule has 5 heteroatoms. The van der Waals surface area contributed by atoms with Crippen LogP contribution in [0.5, 0.6) is 0 Å². The minimum absolute atomic E-state index is 0.408. The van der Waals surface area contributed by atoms with Gasteiger partial charge in [0.15, 0.2) is 5.82 Å². The van der Waals surface area contributed by atoms with Crippen LogP contribution in [0.2, 0.25) is 0 Å². The molecule has 1 heterocycles. The number of benzene rings is 1. The molecule has 0 amide bonds. The summed E-state index contributed by atoms with van der Waals surface area (Å²) in [4.78, 5) is 4.48. The molecule has 4 nitrogen and oxygen atoms in total. The van der Waals surface area contributed by atoms with Crippen molar-refractivity contribution >= 4 is 15.9 Å². The number of rotatable bonds is 7. The predicted octanol–water partition coefficient (Wildman–Crippen LogP) is 3.59. The van der Waals surface area contributed by atoms with Crippen molar-refractivity contribution in [1.29, 1.82) is 0 Å². The van der Waals surface area contributed by atoms with E-state index in [1.807, 2.05) is 12.1 Å². The van der Waals surface area contributed by atoms with Crippen LogP contribution in [0.1, 0.15) is 37.5 Å². The van der Waals surface area contributed by atoms with Crippen LogP contribution in [0.25, 0.3) is 0 Å². The van der Waals surface area contributed by atoms with E-state index in [-0.39, 0.29) is 0 Å². The SMILES string of the molecule is CC(C)CC(CN)Cc1nc(Cc2ccc(Br)cc2)no1. The summed E-state index contributed by atoms with van der Waals surface area (Å²) in [5.74, 6) is 2.46. The third-order valence-electron chi connectivity index (χ3n) is 3.39. The van der Waals surface area contributed by atoms with Crippen LogP contribution in [-0.2, 0) is 12.8 Å². The van der Waals surface area contributed by atoms with E-state index in [0.29, 0.717) is 30.7 Å². The molecule has 0 spiro atoms. The molecule has 0 fully saturated rings. The van der Waals surface area contributed by atoms with E-state index in [0.717, 1.165) is 23.1 Å². The fourth-order valence-corrected chi connectivity index (χ4v) is 2.67. The summed E-state index contributed by atoms with van der Waals surface area (Å²) in [6.07, 6.45) is 2.54. The van der Waals surface area contributed by atoms with Crippen molar-refractivity contribution < 1.29 is 4.52 Å². The first-order chi connectivity index (χ1) is 10.1. The maximum absolute atomic E-state index is 5.82. The highest BCUT2D eigenvalue weighted by Gasteiger charge is 2.15. The lowest BCUT2D eigenvalue weighted by Crippen LogP contribution is -2.19. The van der Waals surface area contributed by atoms with E-state index < -0.39 is 0 Å². The number of hydrogen-bond donors (Lipinski definition) is 1. The first-order valence-corrected chi connectivity index (χ1v) is 8.12. The summed E-state index contributed by atoms with van der Waals surface area (Å²) >= 11 is 3.43. The van der Waals surface area contributed by atoms with Gasteiger partial charge < -0.3 is 10.3 Å². The van der Waals surface area contributed by atoms with Gasteiger partial charge in [0, 0.05) is 17.3 Å². The molecule has 0 aliphatic rings. The second kappa shape index (κ2) is 7.71. The molecule has 2 aromatic rings. The molecule has 114 valence electrons. The zero-order valence-electron chi connectivity index (χ0n) is 12.6. The Morgan fingerprint density at radius 3 is 2.57 bits per heavy atom. The molecule has 1 aromatic heterocycles. The third kappa shape index (κ3) is 5.25. The van der Waals surface area contributed by atoms with Crippen LogP contribution < -0.4 is 5.73 Å². The summed E-state index contributed by atoms with van der Waals surface area (Å²) in [6.45, 7) is 5.06. The van der Waals surface area contributed by atoms with E-state index in [1.165, 1.54) is 5.56 Å². The van der Waals surface area contributed by atoms with Crippen LogP contribution in [0.15, 0.2) is 33.3 Å². The molecule has 1 aromatic carbocycles. The smallest absolute Gasteiger partial charge is 0.226 e. The van der Waals surface area contributed by atoms with Gasteiger partial charge in [-0.2, -0.15) is 4.98 Å². The van der Waals surface area contributed by atoms with E-state index in [9.17, 15) is 0 Å². The molecule has 0 aliphatic carbocycles. The van der Waals surface area contributed by atoms with Crippen LogP contribution in [0, 0.1) is 11.8 Å². The number of nitrogens with zero attached hydrogens (tertiary/aromatic N) is 2. The van der Waals surface area contributed by atoms with Crippen molar-refractivity contribution in [3.8, 4) is 0 Å². The second-order valence-electron chi connectivity index (χ2n) is 5.84. The highest BCUT2D eigenvalue weighted by molar-refractivity contribution is 9.10. The number of halogens is 1. The Morgan fingerprint density at radius 1 is 1.24 bits per heavy atom. The molecule has 2 rings (SSSR count). The maximum atomic E-state index is 5.82. The van der Waals surface area contributed by atoms with Crippen LogP contribution >= 0.6 is 15.9 Å². The Hall–Kier alpha value is -1.20. The van der Waals surface area contributed by atoms with E-state index >= 15 is 0 Å². The lowest BCUT2D eigenvalue weighted by atomic mass is 9.94. The Morgan fingerprint density at radius 2 is 1.95 bits per heavy atom. The van der Waals surface area contributed by atoms with Gasteiger partial charge in [0.2, 0.25) is 5.89 Å². The molecule has 0 saturated carbocycles. The summed E-state index contributed by atoms with van der Waals surface area (Å²) < 4.78 is 6.42. The molecule has 0 bridgehead atoms. The second-order valence-corrected chi connectivity index (χ2v) is 6.76. The average molecular weight is 352 g/mol. The Balaban J connectivity index is 1.95. The van der Waals surface area contributed by atoms with E-state index in [2.05, 4.69) is 52.1 Å². The Bertz CT molecular complexity index is 551. The lowest BCUT2D eigenvalue weighted by molar-refractivity contribution is 0.329. The summed E-state index contributed by atoms with van der Waals surface area (Å²) in [7, 11) is 0. The number of nitrogens with two attached hydrogens (primary N) is 1. The van der Waals surface area contributed by atoms with Gasteiger partial charge in [0.25, 0.3) is 0 Å². The van der Waals surface area contributed by atoms with Crippen molar-refractivity contribution in [1.82, 2.24) is 10.1 Å². The van der Waals surface area contributed by atoms with Gasteiger partial charge in [-0.25, -0.2) is 0 Å². The first kappa shape index (κ1) is 16.2. The largest absolute Gasteiger partial charge is 0.339 e. The summed E-state index contributed by atoms with van der Waals surface area (Å²) in [5.41, 5.74) is 6.99. The Labute approximate surface area is 134 Å². The molecular formula is C16H22BrN3O. The molecule has 21 heavy (non-hydrogen) atoms. The van der Waals surface area contributed by atoms with Crippen molar-refractivity contribution in [3.05, 3.63) is 46.0 Å². The van der Waals surface area contributed by atoms with Gasteiger partial charge in [0.05, 0.1) is 0 Å². The highest BCUT2D eigenvalue weighted by Crippen LogP contribution is 2.17. The van der Waals surface area contributed by atoms with Crippen LogP contribution in [0.3, 0.4) is 0 Å². The summed E-state index contributed by atoms with van der Waals surface area (Å²) in [6, 6.07) is 8.15. The number of hydrogen-bond acceptors (Lipinski definition) is 4. The van der Waals surface area contributed by atoms with Crippen molar-refractivity contribution in [2.75, 3.05) is 6.54 Å². The fourth-order valence-electron chi connectivity index (χ4n) is 2.41. The monoisotopic (exact) mass is 351 g/mol. The highest BCUT2D eigenvalue weighted by atomic mass is 79.9. The van der Waals surface area contributed by atoms with Gasteiger partial charge in [-0.15, -0.1) is 0 Å². The quantitative estimate of drug-likeness (QED) is 0.827. The van der Waals surface area contributed by atoms with Gasteiger partial charge >= 0.3 is 0 Å². The average Bonchev–Trinajstić information content (AvgIpc) is 2.87. The van der Waals surface area contributed by atoms with E-state index in [1.54, 1.807) is 0 Å². The van der Waals surface area contributed by atoms with Crippen molar-refractivity contribution in [2.45, 2.75) is 33.1 Å². The first-order valence-electron chi connectivity index (χ1n) is 7.32. The molecule has 1 unspecified atom stereocenters. The molecule has 0 saturated heterocycles. The van der Waals surface area contributed by atoms with Gasteiger partial charge in [-0.05, 0) is 42.5 Å². The molecule has 0 radical (unpaired) electrons. The molecular weight excluding hydrogens is 330 g/mol. The van der Waals surface area contributed by atoms with Crippen LogP contribution in [-0.4, -0.2) is 16.7 Å². The van der Waals surface area contributed by atoms with Crippen LogP contribution in [0.4, 0.5) is 0 Å².